The van der Waals surface area contributed by atoms with Gasteiger partial charge in [0.25, 0.3) is 0 Å². The first-order valence-electron chi connectivity index (χ1n) is 6.62. The van der Waals surface area contributed by atoms with Crippen molar-refractivity contribution in [2.75, 3.05) is 0 Å². The average Bonchev–Trinajstić information content (AvgIpc) is 3.11. The third-order valence-electron chi connectivity index (χ3n) is 3.88. The van der Waals surface area contributed by atoms with Crippen LogP contribution in [0.15, 0.2) is 17.5 Å². The summed E-state index contributed by atoms with van der Waals surface area (Å²) in [5, 5.41) is 2.04. The standard InChI is InChI=1S/C14H20N2OS2/c1-3-14(2,12(15)18)13(17)16(10-6-7-10)9-11-5-4-8-19-11/h4-5,8,10H,3,6-7,9H2,1-2H3,(H2,15,18). The van der Waals surface area contributed by atoms with Gasteiger partial charge in [-0.3, -0.25) is 4.79 Å². The molecule has 3 nitrogen and oxygen atoms in total. The Morgan fingerprint density at radius 2 is 2.32 bits per heavy atom. The van der Waals surface area contributed by atoms with E-state index in [2.05, 4.69) is 6.07 Å². The van der Waals surface area contributed by atoms with Crippen LogP contribution in [-0.2, 0) is 11.3 Å². The third-order valence-corrected chi connectivity index (χ3v) is 5.19. The normalized spacial score (nSPS) is 17.8. The summed E-state index contributed by atoms with van der Waals surface area (Å²) in [6.45, 7) is 4.51. The largest absolute Gasteiger partial charge is 0.392 e. The van der Waals surface area contributed by atoms with Crippen molar-refractivity contribution in [3.8, 4) is 0 Å². The molecular weight excluding hydrogens is 276 g/mol. The number of rotatable bonds is 6. The van der Waals surface area contributed by atoms with Gasteiger partial charge in [0.2, 0.25) is 5.91 Å². The van der Waals surface area contributed by atoms with Crippen molar-refractivity contribution in [2.24, 2.45) is 11.1 Å². The van der Waals surface area contributed by atoms with Crippen molar-refractivity contribution in [1.29, 1.82) is 0 Å². The SMILES string of the molecule is CCC(C)(C(=O)N(Cc1cccs1)C1CC1)C(N)=S. The van der Waals surface area contributed by atoms with Crippen LogP contribution >= 0.6 is 23.6 Å². The molecule has 104 valence electrons. The molecule has 0 radical (unpaired) electrons. The predicted octanol–water partition coefficient (Wildman–Crippen LogP) is 2.94. The Kier molecular flexibility index (Phi) is 4.26. The van der Waals surface area contributed by atoms with Gasteiger partial charge in [-0.1, -0.05) is 25.2 Å². The zero-order valence-corrected chi connectivity index (χ0v) is 13.0. The average molecular weight is 296 g/mol. The summed E-state index contributed by atoms with van der Waals surface area (Å²) < 4.78 is 0. The van der Waals surface area contributed by atoms with Gasteiger partial charge < -0.3 is 10.6 Å². The maximum absolute atomic E-state index is 12.8. The van der Waals surface area contributed by atoms with Crippen LogP contribution in [0.3, 0.4) is 0 Å². The van der Waals surface area contributed by atoms with Gasteiger partial charge in [0, 0.05) is 10.9 Å². The Bertz CT molecular complexity index is 468. The molecule has 0 bridgehead atoms. The molecule has 1 amide bonds. The van der Waals surface area contributed by atoms with E-state index in [-0.39, 0.29) is 5.91 Å². The van der Waals surface area contributed by atoms with E-state index >= 15 is 0 Å². The molecule has 5 heteroatoms. The number of thiophene rings is 1. The van der Waals surface area contributed by atoms with E-state index in [0.29, 0.717) is 24.0 Å². The first kappa shape index (κ1) is 14.5. The van der Waals surface area contributed by atoms with E-state index in [1.54, 1.807) is 11.3 Å². The van der Waals surface area contributed by atoms with Gasteiger partial charge in [-0.25, -0.2) is 0 Å². The molecule has 1 atom stereocenters. The molecule has 2 N–H and O–H groups in total. The number of nitrogens with two attached hydrogens (primary N) is 1. The van der Waals surface area contributed by atoms with Crippen LogP contribution < -0.4 is 5.73 Å². The van der Waals surface area contributed by atoms with Crippen LogP contribution in [0.4, 0.5) is 0 Å². The van der Waals surface area contributed by atoms with E-state index in [4.69, 9.17) is 18.0 Å². The fourth-order valence-electron chi connectivity index (χ4n) is 2.07. The molecule has 1 aliphatic carbocycles. The minimum atomic E-state index is -0.713. The number of carbonyl (C=O) groups is 1. The van der Waals surface area contributed by atoms with Gasteiger partial charge in [0.15, 0.2) is 0 Å². The summed E-state index contributed by atoms with van der Waals surface area (Å²) in [5.74, 6) is 0.0819. The highest BCUT2D eigenvalue weighted by Gasteiger charge is 2.43. The second kappa shape index (κ2) is 5.59. The zero-order chi connectivity index (χ0) is 14.0. The van der Waals surface area contributed by atoms with Gasteiger partial charge in [-0.05, 0) is 37.6 Å². The topological polar surface area (TPSA) is 46.3 Å². The lowest BCUT2D eigenvalue weighted by Crippen LogP contribution is -2.49. The van der Waals surface area contributed by atoms with Gasteiger partial charge in [-0.2, -0.15) is 0 Å². The number of hydrogen-bond donors (Lipinski definition) is 1. The molecule has 1 unspecified atom stereocenters. The lowest BCUT2D eigenvalue weighted by molar-refractivity contribution is -0.139. The Morgan fingerprint density at radius 3 is 2.74 bits per heavy atom. The summed E-state index contributed by atoms with van der Waals surface area (Å²) in [7, 11) is 0. The Labute approximate surface area is 123 Å². The summed E-state index contributed by atoms with van der Waals surface area (Å²) >= 11 is 6.80. The Balaban J connectivity index is 2.19. The first-order valence-corrected chi connectivity index (χ1v) is 7.91. The molecule has 0 aromatic carbocycles. The summed E-state index contributed by atoms with van der Waals surface area (Å²) in [5.41, 5.74) is 5.09. The molecular formula is C14H20N2OS2. The molecule has 19 heavy (non-hydrogen) atoms. The molecule has 1 heterocycles. The molecule has 1 fully saturated rings. The van der Waals surface area contributed by atoms with Gasteiger partial charge in [-0.15, -0.1) is 11.3 Å². The van der Waals surface area contributed by atoms with Crippen LogP contribution in [0, 0.1) is 5.41 Å². The third kappa shape index (κ3) is 2.98. The van der Waals surface area contributed by atoms with E-state index < -0.39 is 5.41 Å². The lowest BCUT2D eigenvalue weighted by atomic mass is 9.85. The van der Waals surface area contributed by atoms with Gasteiger partial charge in [0.1, 0.15) is 0 Å². The van der Waals surface area contributed by atoms with Crippen molar-refractivity contribution in [1.82, 2.24) is 4.90 Å². The van der Waals surface area contributed by atoms with Crippen LogP contribution in [0.2, 0.25) is 0 Å². The summed E-state index contributed by atoms with van der Waals surface area (Å²) in [4.78, 5) is 16.3. The smallest absolute Gasteiger partial charge is 0.235 e. The highest BCUT2D eigenvalue weighted by molar-refractivity contribution is 7.80. The highest BCUT2D eigenvalue weighted by atomic mass is 32.1. The number of amides is 1. The lowest BCUT2D eigenvalue weighted by Gasteiger charge is -2.33. The highest BCUT2D eigenvalue weighted by Crippen LogP contribution is 2.34. The Morgan fingerprint density at radius 1 is 1.63 bits per heavy atom. The van der Waals surface area contributed by atoms with Crippen LogP contribution in [0.1, 0.15) is 38.0 Å². The molecule has 0 saturated heterocycles. The van der Waals surface area contributed by atoms with Gasteiger partial charge >= 0.3 is 0 Å². The molecule has 0 spiro atoms. The molecule has 0 aliphatic heterocycles. The first-order chi connectivity index (χ1) is 8.99. The minimum Gasteiger partial charge on any atom is -0.392 e. The number of carbonyl (C=O) groups excluding carboxylic acids is 1. The Hall–Kier alpha value is -0.940. The second-order valence-corrected chi connectivity index (χ2v) is 6.77. The van der Waals surface area contributed by atoms with Crippen molar-refractivity contribution in [3.63, 3.8) is 0 Å². The quantitative estimate of drug-likeness (QED) is 0.821. The van der Waals surface area contributed by atoms with E-state index in [1.807, 2.05) is 30.2 Å². The number of hydrogen-bond acceptors (Lipinski definition) is 3. The number of nitrogens with zero attached hydrogens (tertiary/aromatic N) is 1. The number of thiocarbonyl (C=S) groups is 1. The van der Waals surface area contributed by atoms with E-state index in [0.717, 1.165) is 12.8 Å². The maximum atomic E-state index is 12.8. The van der Waals surface area contributed by atoms with Gasteiger partial charge in [0.05, 0.1) is 16.9 Å². The predicted molar refractivity (Wildman–Crippen MR) is 83.1 cm³/mol. The second-order valence-electron chi connectivity index (χ2n) is 5.29. The molecule has 1 saturated carbocycles. The molecule has 1 aromatic rings. The fraction of sp³-hybridized carbons (Fsp3) is 0.571. The van der Waals surface area contributed by atoms with Crippen LogP contribution in [-0.4, -0.2) is 21.8 Å². The van der Waals surface area contributed by atoms with Crippen molar-refractivity contribution in [3.05, 3.63) is 22.4 Å². The fourth-order valence-corrected chi connectivity index (χ4v) is 3.01. The zero-order valence-electron chi connectivity index (χ0n) is 11.4. The van der Waals surface area contributed by atoms with Crippen molar-refractivity contribution in [2.45, 2.75) is 45.7 Å². The van der Waals surface area contributed by atoms with Crippen LogP contribution in [0.5, 0.6) is 0 Å². The van der Waals surface area contributed by atoms with Crippen molar-refractivity contribution < 1.29 is 4.79 Å². The summed E-state index contributed by atoms with van der Waals surface area (Å²) in [6, 6.07) is 4.45. The van der Waals surface area contributed by atoms with Crippen molar-refractivity contribution >= 4 is 34.5 Å². The van der Waals surface area contributed by atoms with Crippen LogP contribution in [0.25, 0.3) is 0 Å². The maximum Gasteiger partial charge on any atom is 0.235 e. The monoisotopic (exact) mass is 296 g/mol. The summed E-state index contributed by atoms with van der Waals surface area (Å²) in [6.07, 6.45) is 2.83. The minimum absolute atomic E-state index is 0.0819. The van der Waals surface area contributed by atoms with E-state index in [9.17, 15) is 4.79 Å². The molecule has 1 aliphatic rings. The molecule has 1 aromatic heterocycles. The molecule has 2 rings (SSSR count). The van der Waals surface area contributed by atoms with E-state index in [1.165, 1.54) is 4.88 Å².